The molecule has 0 bridgehead atoms. The highest BCUT2D eigenvalue weighted by atomic mass is 32.2. The van der Waals surface area contributed by atoms with Gasteiger partial charge in [-0.2, -0.15) is 0 Å². The molecule has 0 unspecified atom stereocenters. The van der Waals surface area contributed by atoms with Crippen LogP contribution in [0.4, 0.5) is 5.82 Å². The maximum atomic E-state index is 11.7. The number of nitrogens with zero attached hydrogens (tertiary/aromatic N) is 3. The van der Waals surface area contributed by atoms with E-state index >= 15 is 0 Å². The van der Waals surface area contributed by atoms with E-state index in [1.54, 1.807) is 19.1 Å². The SMILES string of the molecule is Cc1ccc(-c2ccc(N3CCC[C@H](C)C3)nn2)cc1S(N)(=O)=O. The molecular weight excluding hydrogens is 324 g/mol. The standard InChI is InChI=1S/C17H22N4O2S/c1-12-4-3-9-21(11-12)17-8-7-15(19-20-17)14-6-5-13(2)16(10-14)24(18,22)23/h5-8,10,12H,3-4,9,11H2,1-2H3,(H2,18,22,23)/t12-/m0/s1. The topological polar surface area (TPSA) is 89.2 Å². The number of sulfonamides is 1. The lowest BCUT2D eigenvalue weighted by Gasteiger charge is -2.31. The molecule has 0 aliphatic carbocycles. The van der Waals surface area contributed by atoms with Gasteiger partial charge in [0.25, 0.3) is 0 Å². The van der Waals surface area contributed by atoms with Gasteiger partial charge in [0.05, 0.1) is 10.6 Å². The average molecular weight is 346 g/mol. The summed E-state index contributed by atoms with van der Waals surface area (Å²) in [6.45, 7) is 5.96. The third kappa shape index (κ3) is 3.57. The molecule has 2 aromatic rings. The highest BCUT2D eigenvalue weighted by Gasteiger charge is 2.18. The van der Waals surface area contributed by atoms with Gasteiger partial charge in [-0.25, -0.2) is 13.6 Å². The number of aromatic nitrogens is 2. The van der Waals surface area contributed by atoms with Crippen molar-refractivity contribution in [2.24, 2.45) is 11.1 Å². The Morgan fingerprint density at radius 1 is 1.21 bits per heavy atom. The largest absolute Gasteiger partial charge is 0.355 e. The van der Waals surface area contributed by atoms with Gasteiger partial charge in [0, 0.05) is 18.7 Å². The highest BCUT2D eigenvalue weighted by molar-refractivity contribution is 7.89. The molecule has 7 heteroatoms. The number of hydrogen-bond donors (Lipinski definition) is 1. The molecule has 1 aliphatic rings. The van der Waals surface area contributed by atoms with Crippen molar-refractivity contribution in [1.29, 1.82) is 0 Å². The molecule has 0 spiro atoms. The third-order valence-corrected chi connectivity index (χ3v) is 5.47. The molecule has 0 amide bonds. The Morgan fingerprint density at radius 3 is 2.62 bits per heavy atom. The normalized spacial score (nSPS) is 18.6. The fourth-order valence-corrected chi connectivity index (χ4v) is 3.92. The van der Waals surface area contributed by atoms with Crippen molar-refractivity contribution in [1.82, 2.24) is 10.2 Å². The number of benzene rings is 1. The maximum Gasteiger partial charge on any atom is 0.238 e. The van der Waals surface area contributed by atoms with E-state index < -0.39 is 10.0 Å². The van der Waals surface area contributed by atoms with Crippen LogP contribution in [0.3, 0.4) is 0 Å². The quantitative estimate of drug-likeness (QED) is 0.921. The van der Waals surface area contributed by atoms with Gasteiger partial charge >= 0.3 is 0 Å². The number of nitrogens with two attached hydrogens (primary N) is 1. The molecule has 128 valence electrons. The van der Waals surface area contributed by atoms with Crippen LogP contribution in [0.5, 0.6) is 0 Å². The van der Waals surface area contributed by atoms with Gasteiger partial charge < -0.3 is 4.90 Å². The van der Waals surface area contributed by atoms with E-state index in [1.165, 1.54) is 12.8 Å². The number of rotatable bonds is 3. The first-order valence-corrected chi connectivity index (χ1v) is 9.62. The molecule has 0 radical (unpaired) electrons. The van der Waals surface area contributed by atoms with E-state index in [2.05, 4.69) is 22.0 Å². The lowest BCUT2D eigenvalue weighted by molar-refractivity contribution is 0.444. The van der Waals surface area contributed by atoms with Crippen LogP contribution >= 0.6 is 0 Å². The summed E-state index contributed by atoms with van der Waals surface area (Å²) >= 11 is 0. The molecule has 6 nitrogen and oxygen atoms in total. The number of anilines is 1. The second kappa shape index (κ2) is 6.49. The molecule has 1 aliphatic heterocycles. The van der Waals surface area contributed by atoms with E-state index in [4.69, 9.17) is 5.14 Å². The van der Waals surface area contributed by atoms with Gasteiger partial charge in [0.1, 0.15) is 0 Å². The van der Waals surface area contributed by atoms with Crippen molar-refractivity contribution in [2.75, 3.05) is 18.0 Å². The van der Waals surface area contributed by atoms with Crippen LogP contribution in [-0.2, 0) is 10.0 Å². The Morgan fingerprint density at radius 2 is 2.00 bits per heavy atom. The fourth-order valence-electron chi connectivity index (χ4n) is 3.11. The molecule has 24 heavy (non-hydrogen) atoms. The minimum Gasteiger partial charge on any atom is -0.355 e. The van der Waals surface area contributed by atoms with Gasteiger partial charge in [-0.05, 0) is 49.4 Å². The number of primary sulfonamides is 1. The van der Waals surface area contributed by atoms with Crippen molar-refractivity contribution >= 4 is 15.8 Å². The molecule has 3 rings (SSSR count). The lowest BCUT2D eigenvalue weighted by atomic mass is 10.0. The van der Waals surface area contributed by atoms with Crippen molar-refractivity contribution in [2.45, 2.75) is 31.6 Å². The van der Waals surface area contributed by atoms with Gasteiger partial charge in [0.15, 0.2) is 5.82 Å². The van der Waals surface area contributed by atoms with Gasteiger partial charge in [-0.1, -0.05) is 19.1 Å². The zero-order chi connectivity index (χ0) is 17.3. The van der Waals surface area contributed by atoms with Crippen LogP contribution in [0.15, 0.2) is 35.2 Å². The van der Waals surface area contributed by atoms with Crippen LogP contribution in [0, 0.1) is 12.8 Å². The van der Waals surface area contributed by atoms with Gasteiger partial charge in [-0.3, -0.25) is 0 Å². The van der Waals surface area contributed by atoms with E-state index in [1.807, 2.05) is 18.2 Å². The second-order valence-corrected chi connectivity index (χ2v) is 8.03. The molecule has 2 heterocycles. The Kier molecular flexibility index (Phi) is 4.56. The van der Waals surface area contributed by atoms with E-state index in [0.29, 0.717) is 22.7 Å². The Bertz CT molecular complexity index is 834. The molecule has 2 N–H and O–H groups in total. The smallest absolute Gasteiger partial charge is 0.238 e. The van der Waals surface area contributed by atoms with E-state index in [0.717, 1.165) is 18.9 Å². The minimum atomic E-state index is -3.75. The van der Waals surface area contributed by atoms with Crippen molar-refractivity contribution < 1.29 is 8.42 Å². The molecule has 1 atom stereocenters. The second-order valence-electron chi connectivity index (χ2n) is 6.50. The van der Waals surface area contributed by atoms with Crippen LogP contribution < -0.4 is 10.0 Å². The minimum absolute atomic E-state index is 0.121. The molecule has 0 saturated carbocycles. The molecule has 1 saturated heterocycles. The lowest BCUT2D eigenvalue weighted by Crippen LogP contribution is -2.34. The molecule has 1 fully saturated rings. The highest BCUT2D eigenvalue weighted by Crippen LogP contribution is 2.25. The van der Waals surface area contributed by atoms with E-state index in [-0.39, 0.29) is 4.90 Å². The summed E-state index contributed by atoms with van der Waals surface area (Å²) in [6.07, 6.45) is 2.42. The molecular formula is C17H22N4O2S. The maximum absolute atomic E-state index is 11.7. The summed E-state index contributed by atoms with van der Waals surface area (Å²) in [5, 5.41) is 13.9. The predicted octanol–water partition coefficient (Wildman–Crippen LogP) is 2.34. The Balaban J connectivity index is 1.89. The van der Waals surface area contributed by atoms with Crippen molar-refractivity contribution in [3.8, 4) is 11.3 Å². The number of aryl methyl sites for hydroxylation is 1. The van der Waals surface area contributed by atoms with E-state index in [9.17, 15) is 8.42 Å². The number of hydrogen-bond acceptors (Lipinski definition) is 5. The van der Waals surface area contributed by atoms with Crippen LogP contribution in [0.1, 0.15) is 25.3 Å². The summed E-state index contributed by atoms with van der Waals surface area (Å²) in [6, 6.07) is 8.93. The van der Waals surface area contributed by atoms with Gasteiger partial charge in [0.2, 0.25) is 10.0 Å². The summed E-state index contributed by atoms with van der Waals surface area (Å²) in [5.74, 6) is 1.53. The van der Waals surface area contributed by atoms with Crippen LogP contribution in [0.2, 0.25) is 0 Å². The summed E-state index contributed by atoms with van der Waals surface area (Å²) < 4.78 is 23.3. The first kappa shape index (κ1) is 16.9. The summed E-state index contributed by atoms with van der Waals surface area (Å²) in [7, 11) is -3.75. The molecule has 1 aromatic carbocycles. The predicted molar refractivity (Wildman–Crippen MR) is 94.2 cm³/mol. The summed E-state index contributed by atoms with van der Waals surface area (Å²) in [5.41, 5.74) is 1.94. The first-order valence-electron chi connectivity index (χ1n) is 8.07. The zero-order valence-electron chi connectivity index (χ0n) is 13.9. The fraction of sp³-hybridized carbons (Fsp3) is 0.412. The zero-order valence-corrected chi connectivity index (χ0v) is 14.8. The van der Waals surface area contributed by atoms with Crippen LogP contribution in [-0.4, -0.2) is 31.7 Å². The Hall–Kier alpha value is -1.99. The molecule has 1 aromatic heterocycles. The summed E-state index contributed by atoms with van der Waals surface area (Å²) in [4.78, 5) is 2.37. The Labute approximate surface area is 142 Å². The van der Waals surface area contributed by atoms with Gasteiger partial charge in [-0.15, -0.1) is 10.2 Å². The average Bonchev–Trinajstić information content (AvgIpc) is 2.54. The van der Waals surface area contributed by atoms with Crippen molar-refractivity contribution in [3.05, 3.63) is 35.9 Å². The first-order chi connectivity index (χ1) is 11.3. The van der Waals surface area contributed by atoms with Crippen molar-refractivity contribution in [3.63, 3.8) is 0 Å². The third-order valence-electron chi connectivity index (χ3n) is 4.42. The monoisotopic (exact) mass is 346 g/mol. The number of piperidine rings is 1. The van der Waals surface area contributed by atoms with Crippen LogP contribution in [0.25, 0.3) is 11.3 Å².